The number of fused-ring (bicyclic) bond motifs is 1. The van der Waals surface area contributed by atoms with E-state index in [1.807, 2.05) is 0 Å². The maximum atomic E-state index is 14.2. The van der Waals surface area contributed by atoms with Gasteiger partial charge in [-0.1, -0.05) is 12.1 Å². The Labute approximate surface area is 181 Å². The Morgan fingerprint density at radius 1 is 1.09 bits per heavy atom. The van der Waals surface area contributed by atoms with Gasteiger partial charge in [-0.2, -0.15) is 26.3 Å². The Kier molecular flexibility index (Phi) is 6.43. The molecule has 1 fully saturated rings. The van der Waals surface area contributed by atoms with Crippen LogP contribution in [0.4, 0.5) is 35.1 Å². The van der Waals surface area contributed by atoms with Gasteiger partial charge in [0.1, 0.15) is 17.1 Å². The minimum atomic E-state index is -5.08. The minimum Gasteiger partial charge on any atom is -0.475 e. The molecule has 0 unspecified atom stereocenters. The Bertz CT molecular complexity index is 1030. The van der Waals surface area contributed by atoms with Crippen LogP contribution in [0.5, 0.6) is 0 Å². The van der Waals surface area contributed by atoms with Gasteiger partial charge in [-0.05, 0) is 37.3 Å². The number of carbonyl (C=O) groups is 1. The van der Waals surface area contributed by atoms with E-state index in [4.69, 9.17) is 15.6 Å². The van der Waals surface area contributed by atoms with E-state index in [1.54, 1.807) is 0 Å². The van der Waals surface area contributed by atoms with E-state index in [-0.39, 0.29) is 36.6 Å². The van der Waals surface area contributed by atoms with Gasteiger partial charge in [0.15, 0.2) is 11.6 Å². The lowest BCUT2D eigenvalue weighted by molar-refractivity contribution is -0.192. The molecule has 6 nitrogen and oxygen atoms in total. The van der Waals surface area contributed by atoms with Gasteiger partial charge in [0, 0.05) is 12.5 Å². The summed E-state index contributed by atoms with van der Waals surface area (Å²) in [7, 11) is 0. The molecule has 2 atom stereocenters. The highest BCUT2D eigenvalue weighted by atomic mass is 19.4. The Hall–Kier alpha value is -2.77. The highest BCUT2D eigenvalue weighted by Gasteiger charge is 2.67. The van der Waals surface area contributed by atoms with E-state index in [9.17, 15) is 35.1 Å². The average Bonchev–Trinajstić information content (AvgIpc) is 3.44. The summed E-state index contributed by atoms with van der Waals surface area (Å²) in [4.78, 5) is 8.90. The third-order valence-electron chi connectivity index (χ3n) is 5.72. The zero-order valence-electron chi connectivity index (χ0n) is 16.7. The Morgan fingerprint density at radius 2 is 1.70 bits per heavy atom. The number of hydrogen-bond acceptors (Lipinski definition) is 4. The van der Waals surface area contributed by atoms with Crippen molar-refractivity contribution in [2.24, 2.45) is 5.73 Å². The van der Waals surface area contributed by atoms with Gasteiger partial charge in [0.05, 0.1) is 6.04 Å². The maximum absolute atomic E-state index is 14.2. The summed E-state index contributed by atoms with van der Waals surface area (Å²) in [6.45, 7) is 0.0452. The first-order valence-electron chi connectivity index (χ1n) is 9.69. The first-order valence-corrected chi connectivity index (χ1v) is 9.69. The van der Waals surface area contributed by atoms with Crippen LogP contribution in [0, 0.1) is 11.6 Å². The van der Waals surface area contributed by atoms with Gasteiger partial charge in [-0.25, -0.2) is 13.6 Å². The van der Waals surface area contributed by atoms with Crippen molar-refractivity contribution in [1.82, 2.24) is 14.8 Å². The molecule has 1 aromatic heterocycles. The van der Waals surface area contributed by atoms with Crippen molar-refractivity contribution in [3.63, 3.8) is 0 Å². The Morgan fingerprint density at radius 3 is 2.21 bits per heavy atom. The largest absolute Gasteiger partial charge is 0.490 e. The van der Waals surface area contributed by atoms with Crippen molar-refractivity contribution < 1.29 is 45.0 Å². The quantitative estimate of drug-likeness (QED) is 0.616. The molecule has 0 saturated heterocycles. The van der Waals surface area contributed by atoms with Crippen LogP contribution in [-0.4, -0.2) is 38.2 Å². The smallest absolute Gasteiger partial charge is 0.475 e. The third-order valence-corrected chi connectivity index (χ3v) is 5.72. The number of benzene rings is 1. The van der Waals surface area contributed by atoms with Crippen LogP contribution in [0.15, 0.2) is 18.2 Å². The predicted octanol–water partition coefficient (Wildman–Crippen LogP) is 4.36. The molecule has 0 spiro atoms. The molecule has 182 valence electrons. The average molecular weight is 486 g/mol. The topological polar surface area (TPSA) is 94.0 Å². The van der Waals surface area contributed by atoms with Crippen molar-refractivity contribution >= 4 is 5.97 Å². The number of nitrogens with two attached hydrogens (primary N) is 1. The predicted molar refractivity (Wildman–Crippen MR) is 95.9 cm³/mol. The fraction of sp³-hybridized carbons (Fsp3) is 0.526. The van der Waals surface area contributed by atoms with E-state index in [0.717, 1.165) is 6.07 Å². The number of alkyl halides is 6. The Balaban J connectivity index is 0.000000383. The fourth-order valence-electron chi connectivity index (χ4n) is 3.79. The number of carboxylic acid groups (broad SMARTS) is 1. The standard InChI is InChI=1S/C17H17F5N4.C2HF3O2/c18-11-3-1-2-10(13(11)19)9-4-5-12(23)14-24-25-15(26(14)8-9)16(6-7-16)17(20,21)22;3-2(4,5)1(6)7/h1-3,9,12H,4-8,23H2;(H,6,7)/t9-,12-;/m1./s1. The van der Waals surface area contributed by atoms with Gasteiger partial charge in [-0.15, -0.1) is 10.2 Å². The van der Waals surface area contributed by atoms with Crippen LogP contribution >= 0.6 is 0 Å². The molecule has 1 aromatic carbocycles. The molecule has 0 bridgehead atoms. The van der Waals surface area contributed by atoms with E-state index in [1.165, 1.54) is 16.7 Å². The third kappa shape index (κ3) is 4.80. The molecular formula is C19H18F8N4O2. The molecule has 2 heterocycles. The number of nitrogens with zero attached hydrogens (tertiary/aromatic N) is 3. The van der Waals surface area contributed by atoms with E-state index < -0.39 is 47.3 Å². The van der Waals surface area contributed by atoms with Crippen molar-refractivity contribution in [2.75, 3.05) is 0 Å². The van der Waals surface area contributed by atoms with Crippen LogP contribution in [0.3, 0.4) is 0 Å². The molecule has 4 rings (SSSR count). The molecule has 14 heteroatoms. The summed E-state index contributed by atoms with van der Waals surface area (Å²) in [6, 6.07) is 3.27. The van der Waals surface area contributed by atoms with Crippen LogP contribution in [0.2, 0.25) is 0 Å². The van der Waals surface area contributed by atoms with E-state index in [2.05, 4.69) is 10.2 Å². The second kappa shape index (κ2) is 8.54. The van der Waals surface area contributed by atoms with Crippen LogP contribution in [0.25, 0.3) is 0 Å². The summed E-state index contributed by atoms with van der Waals surface area (Å²) < 4.78 is 102. The van der Waals surface area contributed by atoms with Crippen molar-refractivity contribution in [2.45, 2.75) is 62.0 Å². The molecule has 2 aliphatic rings. The molecule has 1 aliphatic carbocycles. The van der Waals surface area contributed by atoms with Gasteiger partial charge in [-0.3, -0.25) is 0 Å². The lowest BCUT2D eigenvalue weighted by atomic mass is 9.93. The summed E-state index contributed by atoms with van der Waals surface area (Å²) in [5.74, 6) is -5.10. The van der Waals surface area contributed by atoms with Crippen LogP contribution < -0.4 is 5.73 Å². The second-order valence-electron chi connectivity index (χ2n) is 7.90. The molecule has 1 aliphatic heterocycles. The highest BCUT2D eigenvalue weighted by Crippen LogP contribution is 2.58. The highest BCUT2D eigenvalue weighted by molar-refractivity contribution is 5.73. The molecule has 0 radical (unpaired) electrons. The molecule has 1 saturated carbocycles. The van der Waals surface area contributed by atoms with Crippen molar-refractivity contribution in [3.05, 3.63) is 47.0 Å². The molecule has 2 aromatic rings. The first-order chi connectivity index (χ1) is 15.2. The summed E-state index contributed by atoms with van der Waals surface area (Å²) in [5, 5.41) is 14.8. The number of carboxylic acids is 1. The van der Waals surface area contributed by atoms with E-state index in [0.29, 0.717) is 12.8 Å². The zero-order valence-corrected chi connectivity index (χ0v) is 16.7. The number of rotatable bonds is 2. The van der Waals surface area contributed by atoms with Crippen LogP contribution in [0.1, 0.15) is 54.9 Å². The zero-order chi connectivity index (χ0) is 24.8. The van der Waals surface area contributed by atoms with Crippen molar-refractivity contribution in [1.29, 1.82) is 0 Å². The van der Waals surface area contributed by atoms with Gasteiger partial charge in [0.25, 0.3) is 0 Å². The van der Waals surface area contributed by atoms with Crippen molar-refractivity contribution in [3.8, 4) is 0 Å². The number of hydrogen-bond donors (Lipinski definition) is 2. The monoisotopic (exact) mass is 486 g/mol. The minimum absolute atomic E-state index is 0.0452. The molecule has 3 N–H and O–H groups in total. The second-order valence-corrected chi connectivity index (χ2v) is 7.90. The number of halogens is 8. The van der Waals surface area contributed by atoms with E-state index >= 15 is 0 Å². The fourth-order valence-corrected chi connectivity index (χ4v) is 3.79. The SMILES string of the molecule is N[C@@H]1CC[C@@H](c2cccc(F)c2F)Cn2c1nnc2C1(C(F)(F)F)CC1.O=C(O)C(F)(F)F. The van der Waals surface area contributed by atoms with Gasteiger partial charge < -0.3 is 15.4 Å². The molecule has 0 amide bonds. The van der Waals surface area contributed by atoms with Gasteiger partial charge >= 0.3 is 18.3 Å². The van der Waals surface area contributed by atoms with Gasteiger partial charge in [0.2, 0.25) is 0 Å². The summed E-state index contributed by atoms with van der Waals surface area (Å²) >= 11 is 0. The first kappa shape index (κ1) is 24.9. The number of aromatic nitrogens is 3. The number of aliphatic carboxylic acids is 1. The lowest BCUT2D eigenvalue weighted by Crippen LogP contribution is -2.32. The summed E-state index contributed by atoms with van der Waals surface area (Å²) in [6.07, 6.45) is -8.81. The normalized spacial score (nSPS) is 22.0. The molecule has 33 heavy (non-hydrogen) atoms. The lowest BCUT2D eigenvalue weighted by Gasteiger charge is -2.22. The summed E-state index contributed by atoms with van der Waals surface area (Å²) in [5.41, 5.74) is 4.20. The maximum Gasteiger partial charge on any atom is 0.490 e. The molecular weight excluding hydrogens is 468 g/mol. The van der Waals surface area contributed by atoms with Crippen LogP contribution in [-0.2, 0) is 16.8 Å².